The molecule has 83 heavy (non-hydrogen) atoms. The highest BCUT2D eigenvalue weighted by molar-refractivity contribution is 6.35. The zero-order chi connectivity index (χ0) is 59.6. The van der Waals surface area contributed by atoms with E-state index in [2.05, 4.69) is 45.9 Å². The van der Waals surface area contributed by atoms with E-state index < -0.39 is 34.9 Å². The molecule has 0 bridgehead atoms. The Hall–Kier alpha value is -8.59. The SMILES string of the molecule is CC(N)c1ccc(F)cc1.CC(Nc1nc(NCc2ccc(F)c(F)c2)c2ccccc2n1)c1ccc(F)cc1.Clc1nc(Cl)c2ccccc2n1.Fc1ccc(CNc2nc(Cl)nc3ccccc23)cc1F.NCc1ccc(F)c(F)c1. The van der Waals surface area contributed by atoms with E-state index >= 15 is 0 Å². The van der Waals surface area contributed by atoms with Crippen LogP contribution in [-0.2, 0) is 19.6 Å². The van der Waals surface area contributed by atoms with Crippen molar-refractivity contribution in [2.75, 3.05) is 16.0 Å². The van der Waals surface area contributed by atoms with E-state index in [0.717, 1.165) is 74.7 Å². The Balaban J connectivity index is 0.000000161. The standard InChI is InChI=1S/C23H19F3N4.C15H10ClF2N3.C8H4Cl2N2.C8H10FN.C7H7F2N/c1-14(16-7-9-17(24)10-8-16)28-23-29-21-5-3-2-4-18(21)22(30-23)27-13-15-6-11-19(25)20(26)12-15;16-15-20-13-4-2-1-3-10(13)14(21-15)19-8-9-5-6-11(17)12(18)7-9;9-7-5-3-1-2-4-6(5)11-8(10)12-7;1-6(10)7-2-4-8(9)5-3-7;8-6-2-1-5(4-10)3-7(6)9/h2-12,14H,13H2,1H3,(H2,27,28,29,30);1-7H,8H2,(H,19,20,21);1-4H;2-6H,10H2,1H3;1-3H,4,10H2. The monoisotopic (exact) mass is 1190 g/mol. The number of nitrogens with zero attached hydrogens (tertiary/aromatic N) is 6. The molecule has 2 atom stereocenters. The molecular weight excluding hydrogens is 1150 g/mol. The summed E-state index contributed by atoms with van der Waals surface area (Å²) in [6.45, 7) is 4.60. The number of anilines is 3. The van der Waals surface area contributed by atoms with Gasteiger partial charge in [-0.15, -0.1) is 0 Å². The fourth-order valence-electron chi connectivity index (χ4n) is 7.60. The Labute approximate surface area is 486 Å². The summed E-state index contributed by atoms with van der Waals surface area (Å²) in [5, 5.41) is 12.6. The van der Waals surface area contributed by atoms with Crippen molar-refractivity contribution < 1.29 is 35.1 Å². The summed E-state index contributed by atoms with van der Waals surface area (Å²) in [7, 11) is 0. The molecule has 3 aromatic heterocycles. The molecule has 0 aliphatic heterocycles. The minimum atomic E-state index is -0.891. The number of halogens is 11. The third-order valence-corrected chi connectivity index (χ3v) is 12.6. The van der Waals surface area contributed by atoms with Crippen molar-refractivity contribution in [1.29, 1.82) is 0 Å². The lowest BCUT2D eigenvalue weighted by molar-refractivity contribution is 0.507. The zero-order valence-corrected chi connectivity index (χ0v) is 46.3. The van der Waals surface area contributed by atoms with Crippen molar-refractivity contribution in [3.8, 4) is 0 Å². The highest BCUT2D eigenvalue weighted by Crippen LogP contribution is 2.27. The van der Waals surface area contributed by atoms with Gasteiger partial charge in [0, 0.05) is 41.8 Å². The van der Waals surface area contributed by atoms with Crippen molar-refractivity contribution in [3.63, 3.8) is 0 Å². The van der Waals surface area contributed by atoms with Crippen LogP contribution in [0.4, 0.5) is 52.7 Å². The second kappa shape index (κ2) is 29.9. The van der Waals surface area contributed by atoms with E-state index in [0.29, 0.717) is 51.5 Å². The Kier molecular flexibility index (Phi) is 22.4. The molecule has 22 heteroatoms. The summed E-state index contributed by atoms with van der Waals surface area (Å²) in [5.41, 5.74) is 16.6. The Morgan fingerprint density at radius 3 is 1.29 bits per heavy atom. The number of hydrogen-bond donors (Lipinski definition) is 5. The molecule has 8 aromatic carbocycles. The summed E-state index contributed by atoms with van der Waals surface area (Å²) >= 11 is 17.3. The van der Waals surface area contributed by atoms with Gasteiger partial charge in [-0.25, -0.2) is 60.0 Å². The van der Waals surface area contributed by atoms with E-state index in [-0.39, 0.29) is 47.4 Å². The van der Waals surface area contributed by atoms with Gasteiger partial charge in [0.05, 0.1) is 22.6 Å². The zero-order valence-electron chi connectivity index (χ0n) is 44.0. The van der Waals surface area contributed by atoms with E-state index in [1.807, 2.05) is 86.6 Å². The average molecular weight is 1200 g/mol. The molecule has 11 aromatic rings. The summed E-state index contributed by atoms with van der Waals surface area (Å²) in [6.07, 6.45) is 0. The Morgan fingerprint density at radius 1 is 0.422 bits per heavy atom. The molecule has 0 fully saturated rings. The van der Waals surface area contributed by atoms with Crippen molar-refractivity contribution in [2.45, 2.75) is 45.6 Å². The van der Waals surface area contributed by atoms with Gasteiger partial charge in [0.15, 0.2) is 34.9 Å². The maximum Gasteiger partial charge on any atom is 0.225 e. The Morgan fingerprint density at radius 2 is 0.819 bits per heavy atom. The van der Waals surface area contributed by atoms with Crippen molar-refractivity contribution in [1.82, 2.24) is 29.9 Å². The van der Waals surface area contributed by atoms with Crippen LogP contribution in [0, 0.1) is 46.5 Å². The van der Waals surface area contributed by atoms with Gasteiger partial charge >= 0.3 is 0 Å². The third kappa shape index (κ3) is 18.2. The van der Waals surface area contributed by atoms with Gasteiger partial charge in [-0.2, -0.15) is 4.98 Å². The summed E-state index contributed by atoms with van der Waals surface area (Å²) in [5.74, 6) is -4.19. The van der Waals surface area contributed by atoms with Crippen LogP contribution in [0.5, 0.6) is 0 Å². The normalized spacial score (nSPS) is 11.4. The second-order valence-corrected chi connectivity index (χ2v) is 19.0. The largest absolute Gasteiger partial charge is 0.365 e. The lowest BCUT2D eigenvalue weighted by atomic mass is 10.1. The second-order valence-electron chi connectivity index (χ2n) is 18.0. The van der Waals surface area contributed by atoms with Gasteiger partial charge in [-0.3, -0.25) is 0 Å². The third-order valence-electron chi connectivity index (χ3n) is 11.9. The van der Waals surface area contributed by atoms with Gasteiger partial charge in [-0.05, 0) is 162 Å². The molecule has 0 spiro atoms. The van der Waals surface area contributed by atoms with Crippen molar-refractivity contribution in [3.05, 3.63) is 266 Å². The van der Waals surface area contributed by atoms with Crippen molar-refractivity contribution >= 4 is 85.1 Å². The number of aromatic nitrogens is 6. The number of nitrogens with two attached hydrogens (primary N) is 2. The molecule has 0 saturated heterocycles. The van der Waals surface area contributed by atoms with Crippen LogP contribution in [0.3, 0.4) is 0 Å². The maximum absolute atomic E-state index is 13.5. The minimum Gasteiger partial charge on any atom is -0.365 e. The maximum atomic E-state index is 13.5. The molecule has 3 heterocycles. The molecule has 11 rings (SSSR count). The van der Waals surface area contributed by atoms with Crippen LogP contribution in [0.1, 0.15) is 53.7 Å². The van der Waals surface area contributed by atoms with Gasteiger partial charge < -0.3 is 27.4 Å². The predicted octanol–water partition coefficient (Wildman–Crippen LogP) is 16.2. The minimum absolute atomic E-state index is 0.0133. The van der Waals surface area contributed by atoms with Gasteiger partial charge in [0.25, 0.3) is 0 Å². The topological polar surface area (TPSA) is 165 Å². The van der Waals surface area contributed by atoms with Crippen LogP contribution in [0.2, 0.25) is 15.7 Å². The van der Waals surface area contributed by atoms with Crippen molar-refractivity contribution in [2.24, 2.45) is 11.5 Å². The number of fused-ring (bicyclic) bond motifs is 3. The molecule has 0 aliphatic carbocycles. The molecule has 11 nitrogen and oxygen atoms in total. The molecule has 426 valence electrons. The van der Waals surface area contributed by atoms with E-state index in [1.165, 1.54) is 42.5 Å². The number of hydrogen-bond acceptors (Lipinski definition) is 11. The fourth-order valence-corrected chi connectivity index (χ4v) is 8.24. The van der Waals surface area contributed by atoms with Crippen LogP contribution in [-0.4, -0.2) is 29.9 Å². The quantitative estimate of drug-likeness (QED) is 0.0475. The number of nitrogens with one attached hydrogen (secondary N) is 3. The number of rotatable bonds is 11. The smallest absolute Gasteiger partial charge is 0.225 e. The Bertz CT molecular complexity index is 3940. The first-order valence-corrected chi connectivity index (χ1v) is 26.3. The lowest BCUT2D eigenvalue weighted by Gasteiger charge is -2.16. The summed E-state index contributed by atoms with van der Waals surface area (Å²) in [4.78, 5) is 25.2. The molecule has 0 aliphatic rings. The lowest BCUT2D eigenvalue weighted by Crippen LogP contribution is -2.11. The molecular formula is C61H50Cl3F8N11. The first-order valence-electron chi connectivity index (χ1n) is 25.1. The first-order chi connectivity index (χ1) is 39.8. The molecule has 2 unspecified atom stereocenters. The summed E-state index contributed by atoms with van der Waals surface area (Å²) < 4.78 is 103. The van der Waals surface area contributed by atoms with Crippen LogP contribution in [0.15, 0.2) is 176 Å². The van der Waals surface area contributed by atoms with Gasteiger partial charge in [0.2, 0.25) is 16.5 Å². The molecule has 0 amide bonds. The van der Waals surface area contributed by atoms with Crippen LogP contribution in [0.25, 0.3) is 32.7 Å². The number of para-hydroxylation sites is 3. The molecule has 0 radical (unpaired) electrons. The molecule has 0 saturated carbocycles. The fraction of sp³-hybridized carbons (Fsp3) is 0.115. The first kappa shape index (κ1) is 62.0. The van der Waals surface area contributed by atoms with Gasteiger partial charge in [0.1, 0.15) is 28.4 Å². The predicted molar refractivity (Wildman–Crippen MR) is 313 cm³/mol. The summed E-state index contributed by atoms with van der Waals surface area (Å²) in [6, 6.07) is 45.8. The highest BCUT2D eigenvalue weighted by atomic mass is 35.5. The molecule has 7 N–H and O–H groups in total. The van der Waals surface area contributed by atoms with Crippen LogP contribution < -0.4 is 27.4 Å². The van der Waals surface area contributed by atoms with Gasteiger partial charge in [-0.1, -0.05) is 90.5 Å². The van der Waals surface area contributed by atoms with E-state index in [1.54, 1.807) is 24.3 Å². The van der Waals surface area contributed by atoms with Crippen LogP contribution >= 0.6 is 34.8 Å². The number of benzene rings is 8. The van der Waals surface area contributed by atoms with E-state index in [9.17, 15) is 35.1 Å². The van der Waals surface area contributed by atoms with E-state index in [4.69, 9.17) is 46.3 Å². The highest BCUT2D eigenvalue weighted by Gasteiger charge is 2.13. The average Bonchev–Trinajstić information content (AvgIpc) is 3.51.